The molecule has 0 bridgehead atoms. The lowest BCUT2D eigenvalue weighted by molar-refractivity contribution is -0.149. The molecule has 0 saturated heterocycles. The topological polar surface area (TPSA) is 61.2 Å². The van der Waals surface area contributed by atoms with Crippen LogP contribution in [0.25, 0.3) is 10.2 Å². The van der Waals surface area contributed by atoms with E-state index in [1.54, 1.807) is 0 Å². The van der Waals surface area contributed by atoms with Crippen molar-refractivity contribution in [1.82, 2.24) is 9.55 Å². The Morgan fingerprint density at radius 1 is 1.50 bits per heavy atom. The summed E-state index contributed by atoms with van der Waals surface area (Å²) in [5.41, 5.74) is -0.175. The summed E-state index contributed by atoms with van der Waals surface area (Å²) >= 11 is 2.89. The Bertz CT molecular complexity index is 736. The van der Waals surface area contributed by atoms with Gasteiger partial charge >= 0.3 is 5.97 Å². The van der Waals surface area contributed by atoms with Crippen molar-refractivity contribution in [3.63, 3.8) is 0 Å². The molecule has 22 heavy (non-hydrogen) atoms. The number of thioether (sulfide) groups is 1. The van der Waals surface area contributed by atoms with E-state index < -0.39 is 5.97 Å². The Morgan fingerprint density at radius 3 is 2.82 bits per heavy atom. The number of hydrogen-bond donors (Lipinski definition) is 0. The lowest BCUT2D eigenvalue weighted by atomic mass is 10.3. The Labute approximate surface area is 137 Å². The number of thiophene rings is 1. The molecule has 5 nitrogen and oxygen atoms in total. The summed E-state index contributed by atoms with van der Waals surface area (Å²) in [6.45, 7) is 5.73. The zero-order chi connectivity index (χ0) is 16.3. The average Bonchev–Trinajstić information content (AvgIpc) is 2.93. The summed E-state index contributed by atoms with van der Waals surface area (Å²) in [6, 6.07) is 1.87. The lowest BCUT2D eigenvalue weighted by Crippen LogP contribution is -2.28. The van der Waals surface area contributed by atoms with Crippen LogP contribution in [0, 0.1) is 0 Å². The predicted molar refractivity (Wildman–Crippen MR) is 90.9 cm³/mol. The second-order valence-electron chi connectivity index (χ2n) is 4.98. The number of fused-ring (bicyclic) bond motifs is 1. The average molecular weight is 340 g/mol. The maximum Gasteiger partial charge on any atom is 0.326 e. The first-order chi connectivity index (χ1) is 10.5. The van der Waals surface area contributed by atoms with Gasteiger partial charge in [0.25, 0.3) is 5.56 Å². The van der Waals surface area contributed by atoms with Gasteiger partial charge in [-0.3, -0.25) is 14.2 Å². The van der Waals surface area contributed by atoms with Crippen LogP contribution < -0.4 is 5.56 Å². The molecule has 0 spiro atoms. The summed E-state index contributed by atoms with van der Waals surface area (Å²) in [7, 11) is 0. The number of ether oxygens (including phenoxy) is 1. The zero-order valence-electron chi connectivity index (χ0n) is 13.2. The summed E-state index contributed by atoms with van der Waals surface area (Å²) in [5, 5.41) is 1.12. The van der Waals surface area contributed by atoms with E-state index in [-0.39, 0.29) is 18.2 Å². The first-order valence-electron chi connectivity index (χ1n) is 7.26. The van der Waals surface area contributed by atoms with Crippen molar-refractivity contribution in [2.75, 3.05) is 6.26 Å². The highest BCUT2D eigenvalue weighted by molar-refractivity contribution is 7.98. The van der Waals surface area contributed by atoms with Crippen LogP contribution in [0.3, 0.4) is 0 Å². The van der Waals surface area contributed by atoms with Gasteiger partial charge in [-0.25, -0.2) is 4.98 Å². The molecule has 2 aromatic heterocycles. The zero-order valence-corrected chi connectivity index (χ0v) is 14.8. The van der Waals surface area contributed by atoms with Gasteiger partial charge in [-0.15, -0.1) is 11.3 Å². The predicted octanol–water partition coefficient (Wildman–Crippen LogP) is 3.08. The van der Waals surface area contributed by atoms with E-state index >= 15 is 0 Å². The number of aryl methyl sites for hydroxylation is 1. The quantitative estimate of drug-likeness (QED) is 0.459. The number of rotatable bonds is 6. The van der Waals surface area contributed by atoms with Gasteiger partial charge in [0.05, 0.1) is 11.5 Å². The van der Waals surface area contributed by atoms with E-state index in [9.17, 15) is 9.59 Å². The van der Waals surface area contributed by atoms with Crippen molar-refractivity contribution in [2.24, 2.45) is 0 Å². The molecule has 0 fully saturated rings. The van der Waals surface area contributed by atoms with Gasteiger partial charge in [0.1, 0.15) is 11.4 Å². The second-order valence-corrected chi connectivity index (χ2v) is 6.87. The summed E-state index contributed by atoms with van der Waals surface area (Å²) in [4.78, 5) is 31.0. The third kappa shape index (κ3) is 3.52. The molecule has 0 saturated carbocycles. The number of nitrogens with zero attached hydrogens (tertiary/aromatic N) is 2. The Kier molecular flexibility index (Phi) is 5.63. The van der Waals surface area contributed by atoms with Crippen LogP contribution in [-0.2, 0) is 22.5 Å². The van der Waals surface area contributed by atoms with Crippen molar-refractivity contribution < 1.29 is 9.53 Å². The maximum absolute atomic E-state index is 12.6. The van der Waals surface area contributed by atoms with Crippen LogP contribution >= 0.6 is 23.1 Å². The smallest absolute Gasteiger partial charge is 0.326 e. The fourth-order valence-electron chi connectivity index (χ4n) is 1.99. The Morgan fingerprint density at radius 2 is 2.23 bits per heavy atom. The van der Waals surface area contributed by atoms with Gasteiger partial charge in [-0.05, 0) is 32.1 Å². The minimum absolute atomic E-state index is 0.0976. The largest absolute Gasteiger partial charge is 0.461 e. The minimum Gasteiger partial charge on any atom is -0.461 e. The van der Waals surface area contributed by atoms with Gasteiger partial charge in [0.2, 0.25) is 0 Å². The highest BCUT2D eigenvalue weighted by Gasteiger charge is 2.17. The van der Waals surface area contributed by atoms with E-state index in [1.165, 1.54) is 27.7 Å². The molecular weight excluding hydrogens is 320 g/mol. The molecule has 2 aromatic rings. The normalized spacial score (nSPS) is 12.5. The number of esters is 1. The molecule has 120 valence electrons. The van der Waals surface area contributed by atoms with Crippen molar-refractivity contribution in [2.45, 2.75) is 51.4 Å². The molecule has 1 unspecified atom stereocenters. The first-order valence-corrected chi connectivity index (χ1v) is 9.30. The van der Waals surface area contributed by atoms with Crippen LogP contribution in [0.15, 0.2) is 16.0 Å². The summed E-state index contributed by atoms with van der Waals surface area (Å²) in [5.74, 6) is -0.404. The van der Waals surface area contributed by atoms with Gasteiger partial charge < -0.3 is 4.74 Å². The number of hydrogen-bond acceptors (Lipinski definition) is 6. The van der Waals surface area contributed by atoms with Crippen molar-refractivity contribution in [3.8, 4) is 0 Å². The highest BCUT2D eigenvalue weighted by Crippen LogP contribution is 2.24. The van der Waals surface area contributed by atoms with Gasteiger partial charge in [-0.1, -0.05) is 25.6 Å². The van der Waals surface area contributed by atoms with E-state index in [0.717, 1.165) is 22.5 Å². The summed E-state index contributed by atoms with van der Waals surface area (Å²) < 4.78 is 6.67. The summed E-state index contributed by atoms with van der Waals surface area (Å²) in [6.07, 6.45) is 3.31. The molecule has 0 radical (unpaired) electrons. The third-order valence-corrected chi connectivity index (χ3v) is 5.24. The monoisotopic (exact) mass is 340 g/mol. The van der Waals surface area contributed by atoms with Crippen molar-refractivity contribution in [3.05, 3.63) is 21.3 Å². The third-order valence-electron chi connectivity index (χ3n) is 3.39. The number of carbonyl (C=O) groups is 1. The van der Waals surface area contributed by atoms with E-state index in [2.05, 4.69) is 4.98 Å². The molecule has 0 amide bonds. The van der Waals surface area contributed by atoms with Crippen LogP contribution in [0.4, 0.5) is 0 Å². The van der Waals surface area contributed by atoms with E-state index in [4.69, 9.17) is 4.74 Å². The lowest BCUT2D eigenvalue weighted by Gasteiger charge is -2.13. The number of aromatic nitrogens is 2. The van der Waals surface area contributed by atoms with Gasteiger partial charge in [0.15, 0.2) is 5.16 Å². The molecule has 2 rings (SSSR count). The SMILES string of the molecule is CCc1cc2c(=O)n(CC(=O)OC(C)CC)c(SC)nc2s1. The second kappa shape index (κ2) is 7.28. The first kappa shape index (κ1) is 17.0. The standard InChI is InChI=1S/C15H20N2O3S2/c1-5-9(3)20-12(18)8-17-14(19)11-7-10(6-2)22-13(11)16-15(17)21-4/h7,9H,5-6,8H2,1-4H3. The molecule has 7 heteroatoms. The molecule has 0 aliphatic carbocycles. The fourth-order valence-corrected chi connectivity index (χ4v) is 3.56. The molecule has 0 N–H and O–H groups in total. The fraction of sp³-hybridized carbons (Fsp3) is 0.533. The molecule has 0 aliphatic rings. The molecule has 1 atom stereocenters. The molecular formula is C15H20N2O3S2. The van der Waals surface area contributed by atoms with Crippen LogP contribution in [0.1, 0.15) is 32.1 Å². The van der Waals surface area contributed by atoms with E-state index in [0.29, 0.717) is 10.5 Å². The van der Waals surface area contributed by atoms with Crippen LogP contribution in [-0.4, -0.2) is 27.9 Å². The maximum atomic E-state index is 12.6. The number of carbonyl (C=O) groups excluding carboxylic acids is 1. The Balaban J connectivity index is 2.41. The van der Waals surface area contributed by atoms with Gasteiger partial charge in [0, 0.05) is 4.88 Å². The highest BCUT2D eigenvalue weighted by atomic mass is 32.2. The minimum atomic E-state index is -0.404. The van der Waals surface area contributed by atoms with Crippen LogP contribution in [0.5, 0.6) is 0 Å². The van der Waals surface area contributed by atoms with Gasteiger partial charge in [-0.2, -0.15) is 0 Å². The molecule has 2 heterocycles. The molecule has 0 aromatic carbocycles. The van der Waals surface area contributed by atoms with E-state index in [1.807, 2.05) is 33.1 Å². The Hall–Kier alpha value is -1.34. The molecule has 0 aliphatic heterocycles. The van der Waals surface area contributed by atoms with Crippen molar-refractivity contribution >= 4 is 39.3 Å². The van der Waals surface area contributed by atoms with Crippen LogP contribution in [0.2, 0.25) is 0 Å². The van der Waals surface area contributed by atoms with Crippen molar-refractivity contribution in [1.29, 1.82) is 0 Å².